The highest BCUT2D eigenvalue weighted by atomic mass is 127. The lowest BCUT2D eigenvalue weighted by molar-refractivity contribution is 0.596. The summed E-state index contributed by atoms with van der Waals surface area (Å²) in [5, 5.41) is 0.496. The molecule has 0 saturated carbocycles. The van der Waals surface area contributed by atoms with Crippen LogP contribution in [-0.4, -0.2) is 8.42 Å². The molecule has 0 spiro atoms. The van der Waals surface area contributed by atoms with Gasteiger partial charge in [-0.05, 0) is 59.0 Å². The predicted molar refractivity (Wildman–Crippen MR) is 85.8 cm³/mol. The molecular formula is C12H9ClFIN2O2S. The van der Waals surface area contributed by atoms with Crippen LogP contribution in [-0.2, 0) is 10.0 Å². The quantitative estimate of drug-likeness (QED) is 0.583. The molecule has 0 atom stereocenters. The Morgan fingerprint density at radius 2 is 1.90 bits per heavy atom. The first kappa shape index (κ1) is 15.3. The maximum atomic E-state index is 13.3. The number of anilines is 2. The van der Waals surface area contributed by atoms with Crippen molar-refractivity contribution in [2.24, 2.45) is 0 Å². The number of rotatable bonds is 3. The van der Waals surface area contributed by atoms with Crippen LogP contribution >= 0.6 is 34.2 Å². The topological polar surface area (TPSA) is 72.2 Å². The Hall–Kier alpha value is -1.06. The van der Waals surface area contributed by atoms with Crippen LogP contribution in [0.15, 0.2) is 41.3 Å². The van der Waals surface area contributed by atoms with E-state index in [-0.39, 0.29) is 10.6 Å². The minimum absolute atomic E-state index is 0.106. The first-order chi connectivity index (χ1) is 9.29. The number of hydrogen-bond acceptors (Lipinski definition) is 3. The normalized spacial score (nSPS) is 11.3. The van der Waals surface area contributed by atoms with E-state index in [1.165, 1.54) is 18.2 Å². The second kappa shape index (κ2) is 5.74. The first-order valence-electron chi connectivity index (χ1n) is 5.32. The minimum atomic E-state index is -3.88. The molecule has 4 nitrogen and oxygen atoms in total. The first-order valence-corrected chi connectivity index (χ1v) is 8.26. The number of benzene rings is 2. The van der Waals surface area contributed by atoms with Crippen molar-refractivity contribution in [3.8, 4) is 0 Å². The van der Waals surface area contributed by atoms with E-state index < -0.39 is 15.8 Å². The van der Waals surface area contributed by atoms with Gasteiger partial charge in [-0.25, -0.2) is 12.8 Å². The fourth-order valence-corrected chi connectivity index (χ4v) is 3.73. The summed E-state index contributed by atoms with van der Waals surface area (Å²) in [7, 11) is -3.88. The highest BCUT2D eigenvalue weighted by Crippen LogP contribution is 2.25. The van der Waals surface area contributed by atoms with Crippen molar-refractivity contribution >= 4 is 55.6 Å². The fraction of sp³-hybridized carbons (Fsp3) is 0. The monoisotopic (exact) mass is 426 g/mol. The number of nitrogen functional groups attached to an aromatic ring is 1. The van der Waals surface area contributed by atoms with Crippen molar-refractivity contribution in [3.05, 3.63) is 50.8 Å². The molecule has 0 bridgehead atoms. The molecule has 0 aliphatic rings. The molecule has 2 aromatic carbocycles. The predicted octanol–water partition coefficient (Wildman–Crippen LogP) is 3.47. The van der Waals surface area contributed by atoms with Gasteiger partial charge in [-0.1, -0.05) is 11.6 Å². The Bertz CT molecular complexity index is 768. The average Bonchev–Trinajstić information content (AvgIpc) is 2.36. The summed E-state index contributed by atoms with van der Waals surface area (Å²) >= 11 is 7.75. The van der Waals surface area contributed by atoms with E-state index >= 15 is 0 Å². The fourth-order valence-electron chi connectivity index (χ4n) is 1.45. The smallest absolute Gasteiger partial charge is 0.262 e. The van der Waals surface area contributed by atoms with Gasteiger partial charge in [0.2, 0.25) is 0 Å². The van der Waals surface area contributed by atoms with Crippen LogP contribution in [0.3, 0.4) is 0 Å². The van der Waals surface area contributed by atoms with Crippen LogP contribution in [0.2, 0.25) is 5.02 Å². The third kappa shape index (κ3) is 3.33. The molecule has 0 saturated heterocycles. The van der Waals surface area contributed by atoms with Crippen molar-refractivity contribution in [1.82, 2.24) is 0 Å². The summed E-state index contributed by atoms with van der Waals surface area (Å²) in [6.45, 7) is 0. The van der Waals surface area contributed by atoms with Gasteiger partial charge < -0.3 is 5.73 Å². The molecule has 0 aromatic heterocycles. The zero-order valence-electron chi connectivity index (χ0n) is 9.90. The van der Waals surface area contributed by atoms with Gasteiger partial charge in [0.15, 0.2) is 0 Å². The van der Waals surface area contributed by atoms with Gasteiger partial charge in [-0.2, -0.15) is 0 Å². The Balaban J connectivity index is 2.38. The van der Waals surface area contributed by atoms with Gasteiger partial charge in [0.25, 0.3) is 10.0 Å². The molecule has 106 valence electrons. The molecule has 0 aliphatic heterocycles. The molecule has 0 aliphatic carbocycles. The number of hydrogen-bond donors (Lipinski definition) is 2. The molecule has 0 unspecified atom stereocenters. The number of nitrogens with one attached hydrogen (secondary N) is 1. The molecule has 3 N–H and O–H groups in total. The maximum absolute atomic E-state index is 13.3. The van der Waals surface area contributed by atoms with Crippen LogP contribution < -0.4 is 10.5 Å². The third-order valence-corrected chi connectivity index (χ3v) is 4.95. The maximum Gasteiger partial charge on any atom is 0.262 e. The van der Waals surface area contributed by atoms with Crippen LogP contribution in [0.5, 0.6) is 0 Å². The van der Waals surface area contributed by atoms with Crippen molar-refractivity contribution in [2.45, 2.75) is 4.90 Å². The lowest BCUT2D eigenvalue weighted by Crippen LogP contribution is -2.14. The number of sulfonamides is 1. The molecular weight excluding hydrogens is 418 g/mol. The summed E-state index contributed by atoms with van der Waals surface area (Å²) in [5.41, 5.74) is 5.58. The van der Waals surface area contributed by atoms with Crippen LogP contribution in [0.25, 0.3) is 0 Å². The van der Waals surface area contributed by atoms with Crippen LogP contribution in [0.1, 0.15) is 0 Å². The van der Waals surface area contributed by atoms with Crippen molar-refractivity contribution in [1.29, 1.82) is 0 Å². The highest BCUT2D eigenvalue weighted by Gasteiger charge is 2.17. The van der Waals surface area contributed by atoms with Crippen LogP contribution in [0.4, 0.5) is 15.8 Å². The molecule has 0 radical (unpaired) electrons. The van der Waals surface area contributed by atoms with Gasteiger partial charge in [0, 0.05) is 8.59 Å². The standard InChI is InChI=1S/C12H9ClFIN2O2S/c13-7-1-4-12(10(15)5-7)17-20(18,19)8-2-3-11(16)9(14)6-8/h1-6,17H,16H2. The zero-order valence-corrected chi connectivity index (χ0v) is 13.6. The Labute approximate surface area is 134 Å². The lowest BCUT2D eigenvalue weighted by atomic mass is 10.3. The second-order valence-corrected chi connectivity index (χ2v) is 7.19. The summed E-state index contributed by atoms with van der Waals surface area (Å²) in [6.07, 6.45) is 0. The van der Waals surface area contributed by atoms with E-state index in [4.69, 9.17) is 17.3 Å². The van der Waals surface area contributed by atoms with Crippen LogP contribution in [0, 0.1) is 9.39 Å². The molecule has 0 amide bonds. The van der Waals surface area contributed by atoms with E-state index in [1.807, 2.05) is 22.6 Å². The summed E-state index contributed by atoms with van der Waals surface area (Å²) in [6, 6.07) is 8.03. The lowest BCUT2D eigenvalue weighted by Gasteiger charge is -2.10. The Morgan fingerprint density at radius 3 is 2.50 bits per heavy atom. The number of nitrogens with two attached hydrogens (primary N) is 1. The zero-order chi connectivity index (χ0) is 14.9. The van der Waals surface area contributed by atoms with Crippen molar-refractivity contribution < 1.29 is 12.8 Å². The summed E-state index contributed by atoms with van der Waals surface area (Å²) < 4.78 is 40.6. The Morgan fingerprint density at radius 1 is 1.20 bits per heavy atom. The van der Waals surface area contributed by atoms with Gasteiger partial charge in [0.1, 0.15) is 5.82 Å². The largest absolute Gasteiger partial charge is 0.396 e. The van der Waals surface area contributed by atoms with Crippen molar-refractivity contribution in [2.75, 3.05) is 10.5 Å². The van der Waals surface area contributed by atoms with Crippen molar-refractivity contribution in [3.63, 3.8) is 0 Å². The van der Waals surface area contributed by atoms with E-state index in [1.54, 1.807) is 12.1 Å². The minimum Gasteiger partial charge on any atom is -0.396 e. The summed E-state index contributed by atoms with van der Waals surface area (Å²) in [5.74, 6) is -0.779. The number of halogens is 3. The average molecular weight is 427 g/mol. The van der Waals surface area contributed by atoms with Gasteiger partial charge in [-0.3, -0.25) is 4.72 Å². The second-order valence-electron chi connectivity index (χ2n) is 3.91. The third-order valence-electron chi connectivity index (χ3n) is 2.46. The SMILES string of the molecule is Nc1ccc(S(=O)(=O)Nc2ccc(Cl)cc2I)cc1F. The van der Waals surface area contributed by atoms with E-state index in [0.717, 1.165) is 6.07 Å². The molecule has 0 heterocycles. The molecule has 2 aromatic rings. The van der Waals surface area contributed by atoms with E-state index in [9.17, 15) is 12.8 Å². The van der Waals surface area contributed by atoms with E-state index in [0.29, 0.717) is 14.3 Å². The summed E-state index contributed by atoms with van der Waals surface area (Å²) in [4.78, 5) is -0.199. The molecule has 8 heteroatoms. The highest BCUT2D eigenvalue weighted by molar-refractivity contribution is 14.1. The van der Waals surface area contributed by atoms with Gasteiger partial charge >= 0.3 is 0 Å². The molecule has 20 heavy (non-hydrogen) atoms. The Kier molecular flexibility index (Phi) is 4.40. The van der Waals surface area contributed by atoms with E-state index in [2.05, 4.69) is 4.72 Å². The van der Waals surface area contributed by atoms with Gasteiger partial charge in [0.05, 0.1) is 16.3 Å². The molecule has 2 rings (SSSR count). The molecule has 0 fully saturated rings. The van der Waals surface area contributed by atoms with Gasteiger partial charge in [-0.15, -0.1) is 0 Å².